The van der Waals surface area contributed by atoms with Gasteiger partial charge in [0.05, 0.1) is 24.6 Å². The number of ether oxygens (including phenoxy) is 1. The summed E-state index contributed by atoms with van der Waals surface area (Å²) in [6, 6.07) is 7.65. The number of amides is 1. The van der Waals surface area contributed by atoms with Crippen molar-refractivity contribution in [3.05, 3.63) is 47.6 Å². The average Bonchev–Trinajstić information content (AvgIpc) is 3.24. The molecule has 6 nitrogen and oxygen atoms in total. The van der Waals surface area contributed by atoms with Crippen LogP contribution in [0.3, 0.4) is 0 Å². The quantitative estimate of drug-likeness (QED) is 0.780. The summed E-state index contributed by atoms with van der Waals surface area (Å²) in [5, 5.41) is 9.33. The highest BCUT2D eigenvalue weighted by Gasteiger charge is 2.13. The molecule has 0 bridgehead atoms. The van der Waals surface area contributed by atoms with E-state index in [1.165, 1.54) is 11.3 Å². The van der Waals surface area contributed by atoms with E-state index >= 15 is 0 Å². The molecule has 1 N–H and O–H groups in total. The molecule has 0 fully saturated rings. The van der Waals surface area contributed by atoms with Gasteiger partial charge >= 0.3 is 0 Å². The summed E-state index contributed by atoms with van der Waals surface area (Å²) < 4.78 is 7.05. The molecule has 7 heteroatoms. The maximum Gasteiger partial charge on any atom is 0.260 e. The number of carbonyl (C=O) groups excluding carboxylic acids is 1. The fraction of sp³-hybridized carbons (Fsp3) is 0.188. The van der Waals surface area contributed by atoms with Crippen LogP contribution in [0.15, 0.2) is 42.0 Å². The third-order valence-electron chi connectivity index (χ3n) is 3.33. The molecule has 1 amide bonds. The number of nitrogens with one attached hydrogen (secondary N) is 1. The molecular formula is C16H16N4O2S. The molecule has 118 valence electrons. The van der Waals surface area contributed by atoms with Crippen molar-refractivity contribution in [1.82, 2.24) is 14.8 Å². The van der Waals surface area contributed by atoms with Gasteiger partial charge in [0, 0.05) is 23.7 Å². The Hall–Kier alpha value is -2.67. The molecule has 0 aliphatic rings. The molecular weight excluding hydrogens is 312 g/mol. The zero-order chi connectivity index (χ0) is 16.2. The van der Waals surface area contributed by atoms with Gasteiger partial charge in [0.15, 0.2) is 5.13 Å². The summed E-state index contributed by atoms with van der Waals surface area (Å²) in [4.78, 5) is 16.7. The molecule has 0 atom stereocenters. The first kappa shape index (κ1) is 15.2. The number of anilines is 1. The number of carbonyl (C=O) groups is 1. The van der Waals surface area contributed by atoms with Gasteiger partial charge in [-0.1, -0.05) is 12.1 Å². The zero-order valence-corrected chi connectivity index (χ0v) is 13.6. The largest absolute Gasteiger partial charge is 0.496 e. The Morgan fingerprint density at radius 3 is 2.96 bits per heavy atom. The average molecular weight is 328 g/mol. The monoisotopic (exact) mass is 328 g/mol. The molecule has 3 rings (SSSR count). The number of benzene rings is 1. The maximum absolute atomic E-state index is 12.2. The first-order valence-corrected chi connectivity index (χ1v) is 8.02. The molecule has 2 aromatic heterocycles. The van der Waals surface area contributed by atoms with Gasteiger partial charge < -0.3 is 4.74 Å². The topological polar surface area (TPSA) is 69.0 Å². The number of nitrogens with zero attached hydrogens (tertiary/aromatic N) is 3. The molecule has 0 spiro atoms. The zero-order valence-electron chi connectivity index (χ0n) is 12.8. The second-order valence-electron chi connectivity index (χ2n) is 4.78. The number of rotatable bonds is 5. The van der Waals surface area contributed by atoms with Crippen LogP contribution in [0.4, 0.5) is 5.13 Å². The van der Waals surface area contributed by atoms with Gasteiger partial charge in [-0.2, -0.15) is 5.10 Å². The lowest BCUT2D eigenvalue weighted by Crippen LogP contribution is -2.10. The highest BCUT2D eigenvalue weighted by molar-refractivity contribution is 7.14. The Morgan fingerprint density at radius 1 is 1.39 bits per heavy atom. The Balaban J connectivity index is 1.78. The van der Waals surface area contributed by atoms with Gasteiger partial charge in [-0.3, -0.25) is 14.8 Å². The van der Waals surface area contributed by atoms with E-state index in [2.05, 4.69) is 15.4 Å². The molecule has 0 aliphatic heterocycles. The third kappa shape index (κ3) is 3.24. The van der Waals surface area contributed by atoms with Crippen LogP contribution in [0.5, 0.6) is 5.75 Å². The maximum atomic E-state index is 12.2. The minimum absolute atomic E-state index is 0.217. The molecule has 3 aromatic rings. The van der Waals surface area contributed by atoms with Crippen molar-refractivity contribution in [3.63, 3.8) is 0 Å². The van der Waals surface area contributed by atoms with E-state index in [0.29, 0.717) is 10.7 Å². The van der Waals surface area contributed by atoms with E-state index in [-0.39, 0.29) is 5.91 Å². The number of aromatic nitrogens is 3. The van der Waals surface area contributed by atoms with Crippen molar-refractivity contribution < 1.29 is 9.53 Å². The first-order chi connectivity index (χ1) is 11.2. The van der Waals surface area contributed by atoms with Crippen molar-refractivity contribution in [2.45, 2.75) is 13.5 Å². The molecule has 0 saturated heterocycles. The van der Waals surface area contributed by atoms with Crippen LogP contribution in [-0.2, 0) is 6.54 Å². The lowest BCUT2D eigenvalue weighted by Gasteiger charge is -2.04. The van der Waals surface area contributed by atoms with Crippen LogP contribution >= 0.6 is 11.3 Å². The predicted molar refractivity (Wildman–Crippen MR) is 90.0 cm³/mol. The molecule has 2 heterocycles. The highest BCUT2D eigenvalue weighted by atomic mass is 32.1. The van der Waals surface area contributed by atoms with E-state index in [1.54, 1.807) is 24.2 Å². The molecule has 23 heavy (non-hydrogen) atoms. The number of thiazole rings is 1. The van der Waals surface area contributed by atoms with Gasteiger partial charge in [0.2, 0.25) is 0 Å². The van der Waals surface area contributed by atoms with Crippen LogP contribution in [-0.4, -0.2) is 27.8 Å². The molecule has 0 aliphatic carbocycles. The fourth-order valence-corrected chi connectivity index (χ4v) is 2.84. The molecule has 0 saturated carbocycles. The van der Waals surface area contributed by atoms with Crippen molar-refractivity contribution >= 4 is 22.4 Å². The third-order valence-corrected chi connectivity index (χ3v) is 4.08. The summed E-state index contributed by atoms with van der Waals surface area (Å²) in [5.74, 6) is 0.533. The highest BCUT2D eigenvalue weighted by Crippen LogP contribution is 2.31. The van der Waals surface area contributed by atoms with E-state index in [0.717, 1.165) is 23.6 Å². The number of methoxy groups -OCH3 is 1. The van der Waals surface area contributed by atoms with Gasteiger partial charge in [-0.25, -0.2) is 4.98 Å². The summed E-state index contributed by atoms with van der Waals surface area (Å²) in [6.45, 7) is 2.69. The first-order valence-electron chi connectivity index (χ1n) is 7.14. The summed E-state index contributed by atoms with van der Waals surface area (Å²) in [7, 11) is 1.62. The van der Waals surface area contributed by atoms with Crippen molar-refractivity contribution in [2.24, 2.45) is 0 Å². The Morgan fingerprint density at radius 2 is 2.22 bits per heavy atom. The van der Waals surface area contributed by atoms with Crippen molar-refractivity contribution in [3.8, 4) is 17.0 Å². The van der Waals surface area contributed by atoms with Crippen LogP contribution in [0.25, 0.3) is 11.3 Å². The number of hydrogen-bond donors (Lipinski definition) is 1. The van der Waals surface area contributed by atoms with Crippen LogP contribution < -0.4 is 10.1 Å². The van der Waals surface area contributed by atoms with Crippen LogP contribution in [0.1, 0.15) is 17.3 Å². The molecule has 1 aromatic carbocycles. The lowest BCUT2D eigenvalue weighted by atomic mass is 10.1. The Labute approximate surface area is 137 Å². The van der Waals surface area contributed by atoms with E-state index < -0.39 is 0 Å². The number of hydrogen-bond acceptors (Lipinski definition) is 5. The fourth-order valence-electron chi connectivity index (χ4n) is 2.13. The van der Waals surface area contributed by atoms with Crippen molar-refractivity contribution in [1.29, 1.82) is 0 Å². The van der Waals surface area contributed by atoms with Crippen LogP contribution in [0, 0.1) is 0 Å². The second kappa shape index (κ2) is 6.62. The number of para-hydroxylation sites is 1. The summed E-state index contributed by atoms with van der Waals surface area (Å²) in [5.41, 5.74) is 2.18. The van der Waals surface area contributed by atoms with E-state index in [9.17, 15) is 4.79 Å². The number of aryl methyl sites for hydroxylation is 1. The standard InChI is InChI=1S/C16H16N4O2S/c1-3-20-9-11(8-17-20)15(21)19-16-18-13(10-23-16)12-6-4-5-7-14(12)22-2/h4-10H,3H2,1-2H3,(H,18,19,21). The van der Waals surface area contributed by atoms with Gasteiger partial charge in [-0.05, 0) is 19.1 Å². The minimum atomic E-state index is -0.217. The Kier molecular flexibility index (Phi) is 4.38. The summed E-state index contributed by atoms with van der Waals surface area (Å²) in [6.07, 6.45) is 3.26. The summed E-state index contributed by atoms with van der Waals surface area (Å²) >= 11 is 1.37. The molecule has 0 radical (unpaired) electrons. The molecule has 0 unspecified atom stereocenters. The second-order valence-corrected chi connectivity index (χ2v) is 5.64. The van der Waals surface area contributed by atoms with Gasteiger partial charge in [-0.15, -0.1) is 11.3 Å². The van der Waals surface area contributed by atoms with E-state index in [4.69, 9.17) is 4.74 Å². The Bertz CT molecular complexity index is 825. The minimum Gasteiger partial charge on any atom is -0.496 e. The predicted octanol–water partition coefficient (Wildman–Crippen LogP) is 3.29. The lowest BCUT2D eigenvalue weighted by molar-refractivity contribution is 0.102. The normalized spacial score (nSPS) is 10.5. The SMILES string of the molecule is CCn1cc(C(=O)Nc2nc(-c3ccccc3OC)cs2)cn1. The van der Waals surface area contributed by atoms with Crippen LogP contribution in [0.2, 0.25) is 0 Å². The van der Waals surface area contributed by atoms with Crippen molar-refractivity contribution in [2.75, 3.05) is 12.4 Å². The van der Waals surface area contributed by atoms with Gasteiger partial charge in [0.25, 0.3) is 5.91 Å². The smallest absolute Gasteiger partial charge is 0.260 e. The van der Waals surface area contributed by atoms with E-state index in [1.807, 2.05) is 36.6 Å². The van der Waals surface area contributed by atoms with Gasteiger partial charge in [0.1, 0.15) is 5.75 Å².